The van der Waals surface area contributed by atoms with E-state index in [0.717, 1.165) is 11.3 Å². The Morgan fingerprint density at radius 3 is 2.42 bits per heavy atom. The van der Waals surface area contributed by atoms with E-state index in [0.29, 0.717) is 5.69 Å². The first-order valence-corrected chi connectivity index (χ1v) is 3.97. The SMILES string of the molecule is Cc1csc(C[B-](F)(F)F)n1.[K+]. The Bertz CT molecular complexity index is 249. The van der Waals surface area contributed by atoms with E-state index in [1.54, 1.807) is 12.3 Å². The van der Waals surface area contributed by atoms with Crippen LogP contribution in [0.2, 0.25) is 0 Å². The number of aryl methyl sites for hydroxylation is 1. The quantitative estimate of drug-likeness (QED) is 0.604. The fraction of sp³-hybridized carbons (Fsp3) is 0.400. The number of aromatic nitrogens is 1. The largest absolute Gasteiger partial charge is 1.00 e. The van der Waals surface area contributed by atoms with Crippen molar-refractivity contribution >= 4 is 18.3 Å². The van der Waals surface area contributed by atoms with Gasteiger partial charge in [0.25, 0.3) is 0 Å². The molecule has 0 spiro atoms. The van der Waals surface area contributed by atoms with E-state index < -0.39 is 13.3 Å². The van der Waals surface area contributed by atoms with Gasteiger partial charge in [-0.25, -0.2) is 4.98 Å². The molecule has 0 unspecified atom stereocenters. The van der Waals surface area contributed by atoms with Crippen LogP contribution in [0, 0.1) is 6.92 Å². The fourth-order valence-electron chi connectivity index (χ4n) is 0.694. The first-order chi connectivity index (χ1) is 4.97. The zero-order chi connectivity index (χ0) is 8.48. The summed E-state index contributed by atoms with van der Waals surface area (Å²) in [5, 5.41) is 1.78. The second kappa shape index (κ2) is 5.11. The van der Waals surface area contributed by atoms with Crippen LogP contribution in [-0.4, -0.2) is 12.0 Å². The van der Waals surface area contributed by atoms with Gasteiger partial charge in [-0.3, -0.25) is 0 Å². The molecule has 0 bridgehead atoms. The third kappa shape index (κ3) is 4.98. The van der Waals surface area contributed by atoms with E-state index >= 15 is 0 Å². The molecule has 7 heteroatoms. The van der Waals surface area contributed by atoms with Crippen LogP contribution in [0.25, 0.3) is 0 Å². The van der Waals surface area contributed by atoms with Crippen molar-refractivity contribution < 1.29 is 64.3 Å². The van der Waals surface area contributed by atoms with Crippen LogP contribution in [0.5, 0.6) is 0 Å². The van der Waals surface area contributed by atoms with Gasteiger partial charge in [0.15, 0.2) is 0 Å². The number of thiazole rings is 1. The predicted octanol–water partition coefficient (Wildman–Crippen LogP) is -0.615. The summed E-state index contributed by atoms with van der Waals surface area (Å²) in [5.74, 6) is 0. The van der Waals surface area contributed by atoms with Crippen molar-refractivity contribution in [1.29, 1.82) is 0 Å². The van der Waals surface area contributed by atoms with E-state index in [-0.39, 0.29) is 56.4 Å². The molecule has 0 N–H and O–H groups in total. The maximum Gasteiger partial charge on any atom is 1.00 e. The zero-order valence-corrected chi connectivity index (χ0v) is 10.8. The van der Waals surface area contributed by atoms with E-state index in [4.69, 9.17) is 0 Å². The van der Waals surface area contributed by atoms with Gasteiger partial charge >= 0.3 is 58.4 Å². The minimum atomic E-state index is -4.72. The molecule has 0 saturated heterocycles. The standard InChI is InChI=1S/C5H6BF3NS.K/c1-4-3-11-5(10-4)2-6(7,8)9;/h3H,2H2,1H3;/q-1;+1. The Morgan fingerprint density at radius 2 is 2.08 bits per heavy atom. The molecule has 0 saturated carbocycles. The van der Waals surface area contributed by atoms with Crippen LogP contribution in [0.15, 0.2) is 5.38 Å². The Morgan fingerprint density at radius 1 is 1.50 bits per heavy atom. The molecule has 1 heterocycles. The molecule has 12 heavy (non-hydrogen) atoms. The summed E-state index contributed by atoms with van der Waals surface area (Å²) in [4.78, 5) is 3.71. The van der Waals surface area contributed by atoms with Gasteiger partial charge in [-0.15, -0.1) is 11.3 Å². The van der Waals surface area contributed by atoms with Crippen LogP contribution in [-0.2, 0) is 6.32 Å². The molecule has 1 rings (SSSR count). The fourth-order valence-corrected chi connectivity index (χ4v) is 1.54. The molecular formula is C5H6BF3KNS. The molecular weight excluding hydrogens is 213 g/mol. The number of hydrogen-bond donors (Lipinski definition) is 0. The molecule has 1 aromatic rings. The third-order valence-electron chi connectivity index (χ3n) is 1.07. The second-order valence-electron chi connectivity index (χ2n) is 2.30. The smallest absolute Gasteiger partial charge is 0.449 e. The van der Waals surface area contributed by atoms with Crippen LogP contribution in [0.3, 0.4) is 0 Å². The second-order valence-corrected chi connectivity index (χ2v) is 3.24. The topological polar surface area (TPSA) is 12.9 Å². The molecule has 0 radical (unpaired) electrons. The van der Waals surface area contributed by atoms with Crippen LogP contribution in [0.1, 0.15) is 10.7 Å². The van der Waals surface area contributed by atoms with Crippen LogP contribution in [0.4, 0.5) is 12.9 Å². The first kappa shape index (κ1) is 13.1. The Labute approximate surface area is 115 Å². The van der Waals surface area contributed by atoms with Crippen molar-refractivity contribution in [2.75, 3.05) is 0 Å². The van der Waals surface area contributed by atoms with Gasteiger partial charge < -0.3 is 12.9 Å². The third-order valence-corrected chi connectivity index (χ3v) is 2.06. The van der Waals surface area contributed by atoms with Crippen molar-refractivity contribution in [1.82, 2.24) is 4.98 Å². The van der Waals surface area contributed by atoms with E-state index in [9.17, 15) is 12.9 Å². The van der Waals surface area contributed by atoms with Gasteiger partial charge in [0.2, 0.25) is 0 Å². The van der Waals surface area contributed by atoms with Crippen molar-refractivity contribution in [3.63, 3.8) is 0 Å². The number of hydrogen-bond acceptors (Lipinski definition) is 2. The van der Waals surface area contributed by atoms with Gasteiger partial charge in [-0.05, 0) is 13.2 Å². The molecule has 0 fully saturated rings. The summed E-state index contributed by atoms with van der Waals surface area (Å²) in [6.45, 7) is -3.04. The summed E-state index contributed by atoms with van der Waals surface area (Å²) in [6.07, 6.45) is -0.849. The van der Waals surface area contributed by atoms with Crippen molar-refractivity contribution in [2.45, 2.75) is 13.2 Å². The van der Waals surface area contributed by atoms with Crippen LogP contribution >= 0.6 is 11.3 Å². The summed E-state index contributed by atoms with van der Waals surface area (Å²) in [7, 11) is 0. The molecule has 0 aromatic carbocycles. The summed E-state index contributed by atoms with van der Waals surface area (Å²) >= 11 is 1.06. The Balaban J connectivity index is 0.00000121. The molecule has 0 amide bonds. The summed E-state index contributed by atoms with van der Waals surface area (Å²) in [6, 6.07) is 0. The van der Waals surface area contributed by atoms with Gasteiger partial charge in [0, 0.05) is 11.1 Å². The molecule has 1 nitrogen and oxygen atoms in total. The van der Waals surface area contributed by atoms with Gasteiger partial charge in [-0.1, -0.05) is 0 Å². The van der Waals surface area contributed by atoms with E-state index in [1.807, 2.05) is 0 Å². The number of rotatable bonds is 2. The molecule has 1 aromatic heterocycles. The molecule has 0 aliphatic carbocycles. The van der Waals surface area contributed by atoms with Crippen LogP contribution < -0.4 is 51.4 Å². The minimum Gasteiger partial charge on any atom is -0.449 e. The van der Waals surface area contributed by atoms with Crippen molar-refractivity contribution in [3.8, 4) is 0 Å². The normalized spacial score (nSPS) is 11.0. The van der Waals surface area contributed by atoms with E-state index in [2.05, 4.69) is 4.98 Å². The van der Waals surface area contributed by atoms with Gasteiger partial charge in [-0.2, -0.15) is 0 Å². The van der Waals surface area contributed by atoms with E-state index in [1.165, 1.54) is 0 Å². The molecule has 0 aliphatic rings. The molecule has 0 atom stereocenters. The van der Waals surface area contributed by atoms with Gasteiger partial charge in [0.1, 0.15) is 0 Å². The predicted molar refractivity (Wildman–Crippen MR) is 39.6 cm³/mol. The number of nitrogens with zero attached hydrogens (tertiary/aromatic N) is 1. The molecule has 62 valence electrons. The monoisotopic (exact) mass is 219 g/mol. The average molecular weight is 219 g/mol. The maximum absolute atomic E-state index is 11.8. The Kier molecular flexibility index (Phi) is 5.59. The summed E-state index contributed by atoms with van der Waals surface area (Å²) < 4.78 is 35.3. The summed E-state index contributed by atoms with van der Waals surface area (Å²) in [5.41, 5.74) is 0.657. The molecule has 0 aliphatic heterocycles. The van der Waals surface area contributed by atoms with Crippen molar-refractivity contribution in [3.05, 3.63) is 16.1 Å². The Hall–Kier alpha value is 1.12. The first-order valence-electron chi connectivity index (χ1n) is 3.09. The average Bonchev–Trinajstić information content (AvgIpc) is 2.10. The van der Waals surface area contributed by atoms with Crippen molar-refractivity contribution in [2.24, 2.45) is 0 Å². The number of halogens is 3. The maximum atomic E-state index is 11.8. The van der Waals surface area contributed by atoms with Gasteiger partial charge in [0.05, 0.1) is 5.01 Å². The minimum absolute atomic E-state index is 0. The zero-order valence-electron chi connectivity index (χ0n) is 6.85.